The van der Waals surface area contributed by atoms with Gasteiger partial charge in [0.2, 0.25) is 5.95 Å². The Bertz CT molecular complexity index is 1210. The van der Waals surface area contributed by atoms with E-state index in [0.717, 1.165) is 46.0 Å². The molecule has 8 heteroatoms. The van der Waals surface area contributed by atoms with Crippen LogP contribution >= 0.6 is 11.6 Å². The maximum Gasteiger partial charge on any atom is 0.223 e. The lowest BCUT2D eigenvalue weighted by molar-refractivity contribution is -0.0136. The van der Waals surface area contributed by atoms with Crippen molar-refractivity contribution in [3.8, 4) is 11.3 Å². The fraction of sp³-hybridized carbons (Fsp3) is 0.480. The quantitative estimate of drug-likeness (QED) is 0.512. The predicted molar refractivity (Wildman–Crippen MR) is 129 cm³/mol. The van der Waals surface area contributed by atoms with Gasteiger partial charge in [0, 0.05) is 29.3 Å². The minimum absolute atomic E-state index is 0.177. The van der Waals surface area contributed by atoms with Crippen LogP contribution in [0.15, 0.2) is 24.5 Å². The van der Waals surface area contributed by atoms with E-state index in [1.54, 1.807) is 6.20 Å². The van der Waals surface area contributed by atoms with Crippen molar-refractivity contribution < 1.29 is 14.9 Å². The minimum Gasteiger partial charge on any atom is -0.389 e. The number of hydrogen-bond acceptors (Lipinski definition) is 7. The molecule has 174 valence electrons. The summed E-state index contributed by atoms with van der Waals surface area (Å²) >= 11 is 6.56. The molecule has 33 heavy (non-hydrogen) atoms. The Labute approximate surface area is 198 Å². The van der Waals surface area contributed by atoms with Gasteiger partial charge in [-0.15, -0.1) is 0 Å². The summed E-state index contributed by atoms with van der Waals surface area (Å²) in [4.78, 5) is 13.7. The number of nitrogens with zero attached hydrogens (tertiary/aromatic N) is 3. The van der Waals surface area contributed by atoms with Crippen molar-refractivity contribution in [1.29, 1.82) is 0 Å². The Morgan fingerprint density at radius 1 is 1.21 bits per heavy atom. The van der Waals surface area contributed by atoms with Gasteiger partial charge in [0.1, 0.15) is 0 Å². The summed E-state index contributed by atoms with van der Waals surface area (Å²) in [6, 6.07) is 3.80. The van der Waals surface area contributed by atoms with Gasteiger partial charge >= 0.3 is 0 Å². The van der Waals surface area contributed by atoms with E-state index in [4.69, 9.17) is 21.3 Å². The van der Waals surface area contributed by atoms with E-state index in [0.29, 0.717) is 36.3 Å². The van der Waals surface area contributed by atoms with Crippen molar-refractivity contribution in [3.63, 3.8) is 0 Å². The van der Waals surface area contributed by atoms with E-state index in [-0.39, 0.29) is 12.0 Å². The molecular formula is C25H29ClN4O3. The average molecular weight is 469 g/mol. The number of ether oxygens (including phenoxy) is 1. The lowest BCUT2D eigenvalue weighted by atomic mass is 9.87. The molecule has 3 aromatic rings. The number of fused-ring (bicyclic) bond motifs is 1. The monoisotopic (exact) mass is 468 g/mol. The molecule has 2 aromatic heterocycles. The van der Waals surface area contributed by atoms with E-state index in [2.05, 4.69) is 36.1 Å². The highest BCUT2D eigenvalue weighted by Gasteiger charge is 2.44. The number of anilines is 1. The summed E-state index contributed by atoms with van der Waals surface area (Å²) < 4.78 is 5.31. The Hall–Kier alpha value is -2.32. The highest BCUT2D eigenvalue weighted by molar-refractivity contribution is 6.33. The zero-order valence-corrected chi connectivity index (χ0v) is 19.9. The minimum atomic E-state index is -0.766. The molecule has 0 unspecified atom stereocenters. The second-order valence-corrected chi connectivity index (χ2v) is 9.88. The molecular weight excluding hydrogens is 440 g/mol. The fourth-order valence-corrected chi connectivity index (χ4v) is 4.97. The summed E-state index contributed by atoms with van der Waals surface area (Å²) in [5.41, 5.74) is 4.73. The number of benzene rings is 1. The van der Waals surface area contributed by atoms with Crippen molar-refractivity contribution in [2.24, 2.45) is 0 Å². The maximum atomic E-state index is 10.9. The molecule has 2 fully saturated rings. The van der Waals surface area contributed by atoms with Gasteiger partial charge in [-0.2, -0.15) is 0 Å². The Morgan fingerprint density at radius 2 is 2.00 bits per heavy atom. The third-order valence-corrected chi connectivity index (χ3v) is 7.05. The number of aliphatic hydroxyl groups is 2. The van der Waals surface area contributed by atoms with Gasteiger partial charge in [0.05, 0.1) is 46.8 Å². The van der Waals surface area contributed by atoms with Crippen molar-refractivity contribution in [3.05, 3.63) is 46.2 Å². The molecule has 2 aliphatic rings. The van der Waals surface area contributed by atoms with E-state index in [1.165, 1.54) is 0 Å². The van der Waals surface area contributed by atoms with Crippen molar-refractivity contribution in [2.75, 3.05) is 18.5 Å². The van der Waals surface area contributed by atoms with Crippen molar-refractivity contribution in [1.82, 2.24) is 15.0 Å². The van der Waals surface area contributed by atoms with Gasteiger partial charge in [0.15, 0.2) is 0 Å². The van der Waals surface area contributed by atoms with Gasteiger partial charge in [-0.3, -0.25) is 4.98 Å². The summed E-state index contributed by atoms with van der Waals surface area (Å²) in [5, 5.41) is 25.9. The van der Waals surface area contributed by atoms with Crippen LogP contribution in [-0.4, -0.2) is 50.5 Å². The molecule has 1 saturated heterocycles. The molecule has 0 bridgehead atoms. The van der Waals surface area contributed by atoms with Gasteiger partial charge in [-0.25, -0.2) is 9.97 Å². The first-order valence-electron chi connectivity index (χ1n) is 11.5. The number of nitrogens with one attached hydrogen (secondary N) is 1. The second kappa shape index (κ2) is 8.47. The molecule has 1 saturated carbocycles. The van der Waals surface area contributed by atoms with Gasteiger partial charge in [-0.05, 0) is 49.3 Å². The highest BCUT2D eigenvalue weighted by atomic mass is 35.5. The van der Waals surface area contributed by atoms with Crippen LogP contribution in [0.2, 0.25) is 5.02 Å². The Morgan fingerprint density at radius 3 is 2.70 bits per heavy atom. The molecule has 1 aromatic carbocycles. The predicted octanol–water partition coefficient (Wildman–Crippen LogP) is 4.32. The van der Waals surface area contributed by atoms with Gasteiger partial charge in [0.25, 0.3) is 0 Å². The van der Waals surface area contributed by atoms with E-state index in [1.807, 2.05) is 18.3 Å². The number of aromatic nitrogens is 3. The molecule has 3 heterocycles. The number of aryl methyl sites for hydroxylation is 1. The number of halogens is 1. The van der Waals surface area contributed by atoms with Crippen LogP contribution in [0, 0.1) is 6.92 Å². The largest absolute Gasteiger partial charge is 0.389 e. The molecule has 0 spiro atoms. The first-order valence-corrected chi connectivity index (χ1v) is 11.9. The van der Waals surface area contributed by atoms with Crippen LogP contribution in [0.4, 0.5) is 5.95 Å². The topological polar surface area (TPSA) is 100 Å². The Kier molecular flexibility index (Phi) is 5.77. The number of hydrogen-bond donors (Lipinski definition) is 3. The van der Waals surface area contributed by atoms with Crippen LogP contribution in [0.25, 0.3) is 22.2 Å². The average Bonchev–Trinajstić information content (AvgIpc) is 3.54. The summed E-state index contributed by atoms with van der Waals surface area (Å²) in [6.07, 6.45) is 5.02. The summed E-state index contributed by atoms with van der Waals surface area (Å²) in [5.74, 6) is 0.639. The molecule has 0 amide bonds. The molecule has 3 N–H and O–H groups in total. The van der Waals surface area contributed by atoms with Crippen LogP contribution in [0.5, 0.6) is 0 Å². The fourth-order valence-electron chi connectivity index (χ4n) is 4.78. The number of rotatable bonds is 5. The van der Waals surface area contributed by atoms with Crippen LogP contribution in [0.3, 0.4) is 0 Å². The van der Waals surface area contributed by atoms with Crippen molar-refractivity contribution >= 4 is 28.5 Å². The Balaban J connectivity index is 1.61. The first-order chi connectivity index (χ1) is 15.8. The second-order valence-electron chi connectivity index (χ2n) is 9.48. The molecule has 7 nitrogen and oxygen atoms in total. The zero-order valence-electron chi connectivity index (χ0n) is 19.1. The first kappa shape index (κ1) is 22.5. The summed E-state index contributed by atoms with van der Waals surface area (Å²) in [6.45, 7) is 7.23. The van der Waals surface area contributed by atoms with Crippen molar-refractivity contribution in [2.45, 2.75) is 63.7 Å². The normalized spacial score (nSPS) is 22.0. The molecule has 5 rings (SSSR count). The molecule has 2 atom stereocenters. The smallest absolute Gasteiger partial charge is 0.223 e. The SMILES string of the molecule is Cc1c(-c2nc(N[C@@H]3CCOC[C@H]3O)ncc2Cl)ccc2ncc(C3(O)CC3)c(C(C)C)c12. The lowest BCUT2D eigenvalue weighted by Crippen LogP contribution is -2.42. The molecule has 1 aliphatic heterocycles. The number of aliphatic hydroxyl groups excluding tert-OH is 1. The third-order valence-electron chi connectivity index (χ3n) is 6.78. The number of pyridine rings is 1. The zero-order chi connectivity index (χ0) is 23.3. The molecule has 0 radical (unpaired) electrons. The van der Waals surface area contributed by atoms with Crippen LogP contribution < -0.4 is 5.32 Å². The maximum absolute atomic E-state index is 10.9. The van der Waals surface area contributed by atoms with E-state index >= 15 is 0 Å². The van der Waals surface area contributed by atoms with E-state index in [9.17, 15) is 10.2 Å². The lowest BCUT2D eigenvalue weighted by Gasteiger charge is -2.28. The van der Waals surface area contributed by atoms with Gasteiger partial charge in [-0.1, -0.05) is 31.5 Å². The third kappa shape index (κ3) is 4.08. The molecule has 1 aliphatic carbocycles. The van der Waals surface area contributed by atoms with E-state index < -0.39 is 11.7 Å². The summed E-state index contributed by atoms with van der Waals surface area (Å²) in [7, 11) is 0. The van der Waals surface area contributed by atoms with Gasteiger partial charge < -0.3 is 20.3 Å². The highest BCUT2D eigenvalue weighted by Crippen LogP contribution is 2.49. The van der Waals surface area contributed by atoms with Crippen LogP contribution in [-0.2, 0) is 10.3 Å². The van der Waals surface area contributed by atoms with Crippen LogP contribution in [0.1, 0.15) is 55.7 Å². The standard InChI is InChI=1S/C25H29ClN4O3/c1-13(2)21-16(25(32)7-8-25)10-27-19-5-4-15(14(3)22(19)21)23-17(26)11-28-24(30-23)29-18-6-9-33-12-20(18)31/h4-5,10-11,13,18,20,31-32H,6-9,12H2,1-3H3,(H,28,29,30)/t18-,20-/m1/s1.